The number of nitrogens with zero attached hydrogens (tertiary/aromatic N) is 1. The van der Waals surface area contributed by atoms with Gasteiger partial charge in [-0.05, 0) is 68.6 Å². The van der Waals surface area contributed by atoms with Crippen molar-refractivity contribution in [1.82, 2.24) is 15.5 Å². The number of benzene rings is 2. The number of likely N-dealkylation sites (tertiary alicyclic amines) is 1. The molecule has 0 aromatic heterocycles. The third-order valence-electron chi connectivity index (χ3n) is 10.3. The molecule has 2 aromatic carbocycles. The van der Waals surface area contributed by atoms with Crippen LogP contribution in [0.5, 0.6) is 5.75 Å². The highest BCUT2D eigenvalue weighted by Gasteiger charge is 2.45. The number of hydrogen-bond donors (Lipinski definition) is 3. The molecule has 3 fully saturated rings. The van der Waals surface area contributed by atoms with Crippen molar-refractivity contribution in [3.05, 3.63) is 65.2 Å². The van der Waals surface area contributed by atoms with Gasteiger partial charge in [-0.25, -0.2) is 0 Å². The van der Waals surface area contributed by atoms with Gasteiger partial charge in [-0.15, -0.1) is 0 Å². The molecule has 2 heterocycles. The summed E-state index contributed by atoms with van der Waals surface area (Å²) in [5, 5.41) is 18.5. The molecule has 3 N–H and O–H groups in total. The predicted molar refractivity (Wildman–Crippen MR) is 163 cm³/mol. The van der Waals surface area contributed by atoms with Crippen LogP contribution in [0.4, 0.5) is 0 Å². The molecule has 2 amide bonds. The Labute approximate surface area is 250 Å². The molecule has 7 nitrogen and oxygen atoms in total. The van der Waals surface area contributed by atoms with Crippen LogP contribution in [-0.2, 0) is 22.4 Å². The molecule has 0 bridgehead atoms. The number of hydrogen-bond acceptors (Lipinski definition) is 5. The second kappa shape index (κ2) is 12.8. The molecule has 4 aliphatic rings. The second-order valence-corrected chi connectivity index (χ2v) is 13.1. The highest BCUT2D eigenvalue weighted by Crippen LogP contribution is 2.49. The van der Waals surface area contributed by atoms with E-state index in [0.717, 1.165) is 62.7 Å². The first-order chi connectivity index (χ1) is 20.4. The maximum atomic E-state index is 13.6. The quantitative estimate of drug-likeness (QED) is 0.378. The van der Waals surface area contributed by atoms with Crippen molar-refractivity contribution >= 4 is 11.8 Å². The van der Waals surface area contributed by atoms with Crippen LogP contribution in [0, 0.1) is 5.92 Å². The van der Waals surface area contributed by atoms with E-state index in [0.29, 0.717) is 32.4 Å². The Balaban J connectivity index is 1.15. The fourth-order valence-corrected chi connectivity index (χ4v) is 7.51. The fourth-order valence-electron chi connectivity index (χ4n) is 7.51. The molecular formula is C35H47N3O4. The van der Waals surface area contributed by atoms with Crippen LogP contribution in [0.1, 0.15) is 93.9 Å². The van der Waals surface area contributed by atoms with Crippen molar-refractivity contribution in [3.63, 3.8) is 0 Å². The molecule has 1 unspecified atom stereocenters. The van der Waals surface area contributed by atoms with Crippen molar-refractivity contribution < 1.29 is 19.4 Å². The van der Waals surface area contributed by atoms with Gasteiger partial charge in [0.05, 0.1) is 18.1 Å². The number of rotatable bonds is 10. The molecule has 7 heteroatoms. The molecule has 1 spiro atoms. The van der Waals surface area contributed by atoms with Gasteiger partial charge in [-0.1, -0.05) is 62.2 Å². The maximum Gasteiger partial charge on any atom is 0.225 e. The van der Waals surface area contributed by atoms with Gasteiger partial charge in [0.1, 0.15) is 11.4 Å². The summed E-state index contributed by atoms with van der Waals surface area (Å²) in [6.45, 7) is 3.02. The zero-order valence-electron chi connectivity index (χ0n) is 25.0. The van der Waals surface area contributed by atoms with E-state index in [9.17, 15) is 14.7 Å². The standard InChI is InChI=1S/C35H47N3O4/c1-2-24-13-15-32-28(19-24)30(21-35(42-32)17-8-18-35)36-22-31(39)29(20-25-9-4-3-5-10-25)37-34(41)26-14-16-33(40)38(23-26)27-11-6-7-12-27/h3-5,9-10,13,15,19,26-27,29-31,36,39H,2,6-8,11-12,14,16-18,20-23H2,1H3,(H,37,41)/t26?,29-,30-,31+/m0/s1. The number of carbonyl (C=O) groups is 2. The average Bonchev–Trinajstić information content (AvgIpc) is 3.54. The number of piperidine rings is 1. The van der Waals surface area contributed by atoms with Gasteiger partial charge in [0, 0.05) is 43.6 Å². The number of aliphatic hydroxyl groups excluding tert-OH is 1. The lowest BCUT2D eigenvalue weighted by molar-refractivity contribution is -0.141. The first kappa shape index (κ1) is 29.2. The topological polar surface area (TPSA) is 90.9 Å². The largest absolute Gasteiger partial charge is 0.487 e. The Kier molecular flexibility index (Phi) is 8.87. The third kappa shape index (κ3) is 6.37. The van der Waals surface area contributed by atoms with E-state index < -0.39 is 12.1 Å². The van der Waals surface area contributed by atoms with Gasteiger partial charge in [0.2, 0.25) is 11.8 Å². The summed E-state index contributed by atoms with van der Waals surface area (Å²) in [7, 11) is 0. The highest BCUT2D eigenvalue weighted by atomic mass is 16.5. The Bertz CT molecular complexity index is 1240. The van der Waals surface area contributed by atoms with E-state index in [1.807, 2.05) is 35.2 Å². The number of carbonyl (C=O) groups excluding carboxylic acids is 2. The lowest BCUT2D eigenvalue weighted by Gasteiger charge is -2.48. The van der Waals surface area contributed by atoms with Crippen LogP contribution in [0.2, 0.25) is 0 Å². The number of nitrogens with one attached hydrogen (secondary N) is 2. The summed E-state index contributed by atoms with van der Waals surface area (Å²) in [6, 6.07) is 16.5. The van der Waals surface area contributed by atoms with Gasteiger partial charge in [0.15, 0.2) is 0 Å². The van der Waals surface area contributed by atoms with E-state index in [1.165, 1.54) is 17.5 Å². The molecule has 6 rings (SSSR count). The molecule has 2 saturated carbocycles. The number of aliphatic hydroxyl groups is 1. The molecule has 4 atom stereocenters. The van der Waals surface area contributed by atoms with E-state index in [2.05, 4.69) is 35.8 Å². The molecule has 2 aliphatic carbocycles. The van der Waals surface area contributed by atoms with Crippen molar-refractivity contribution in [3.8, 4) is 5.75 Å². The summed E-state index contributed by atoms with van der Waals surface area (Å²) in [4.78, 5) is 28.3. The van der Waals surface area contributed by atoms with E-state index in [1.54, 1.807) is 0 Å². The van der Waals surface area contributed by atoms with Crippen LogP contribution in [0.15, 0.2) is 48.5 Å². The van der Waals surface area contributed by atoms with Crippen LogP contribution in [0.3, 0.4) is 0 Å². The lowest BCUT2D eigenvalue weighted by Crippen LogP contribution is -2.55. The van der Waals surface area contributed by atoms with Crippen LogP contribution in [-0.4, -0.2) is 58.7 Å². The molecule has 2 aromatic rings. The molecular weight excluding hydrogens is 526 g/mol. The summed E-state index contributed by atoms with van der Waals surface area (Å²) >= 11 is 0. The van der Waals surface area contributed by atoms with Crippen LogP contribution >= 0.6 is 0 Å². The third-order valence-corrected chi connectivity index (χ3v) is 10.3. The number of fused-ring (bicyclic) bond motifs is 1. The highest BCUT2D eigenvalue weighted by molar-refractivity contribution is 5.84. The van der Waals surface area contributed by atoms with E-state index in [4.69, 9.17) is 4.74 Å². The average molecular weight is 574 g/mol. The Morgan fingerprint density at radius 2 is 1.86 bits per heavy atom. The van der Waals surface area contributed by atoms with E-state index >= 15 is 0 Å². The van der Waals surface area contributed by atoms with Crippen molar-refractivity contribution in [1.29, 1.82) is 0 Å². The Hall–Kier alpha value is -2.90. The fraction of sp³-hybridized carbons (Fsp3) is 0.600. The summed E-state index contributed by atoms with van der Waals surface area (Å²) in [5.41, 5.74) is 3.42. The zero-order valence-corrected chi connectivity index (χ0v) is 25.0. The van der Waals surface area contributed by atoms with Crippen molar-refractivity contribution in [2.75, 3.05) is 13.1 Å². The smallest absolute Gasteiger partial charge is 0.225 e. The minimum Gasteiger partial charge on any atom is -0.487 e. The number of amides is 2. The van der Waals surface area contributed by atoms with E-state index in [-0.39, 0.29) is 35.4 Å². The number of ether oxygens (including phenoxy) is 1. The molecule has 42 heavy (non-hydrogen) atoms. The van der Waals surface area contributed by atoms with Gasteiger partial charge >= 0.3 is 0 Å². The Morgan fingerprint density at radius 1 is 1.07 bits per heavy atom. The van der Waals surface area contributed by atoms with Gasteiger partial charge in [-0.3, -0.25) is 9.59 Å². The minimum absolute atomic E-state index is 0.0529. The zero-order chi connectivity index (χ0) is 29.1. The summed E-state index contributed by atoms with van der Waals surface area (Å²) in [5.74, 6) is 0.846. The van der Waals surface area contributed by atoms with Gasteiger partial charge in [0.25, 0.3) is 0 Å². The molecule has 0 radical (unpaired) electrons. The number of aryl methyl sites for hydroxylation is 1. The monoisotopic (exact) mass is 573 g/mol. The van der Waals surface area contributed by atoms with Gasteiger partial charge < -0.3 is 25.4 Å². The minimum atomic E-state index is -0.775. The normalized spacial score (nSPS) is 24.9. The van der Waals surface area contributed by atoms with Crippen LogP contribution in [0.25, 0.3) is 0 Å². The van der Waals surface area contributed by atoms with Crippen molar-refractivity contribution in [2.24, 2.45) is 5.92 Å². The van der Waals surface area contributed by atoms with Gasteiger partial charge in [-0.2, -0.15) is 0 Å². The predicted octanol–water partition coefficient (Wildman–Crippen LogP) is 4.85. The van der Waals surface area contributed by atoms with Crippen molar-refractivity contribution in [2.45, 2.75) is 114 Å². The first-order valence-corrected chi connectivity index (χ1v) is 16.3. The lowest BCUT2D eigenvalue weighted by atomic mass is 9.72. The van der Waals surface area contributed by atoms with Crippen LogP contribution < -0.4 is 15.4 Å². The summed E-state index contributed by atoms with van der Waals surface area (Å²) < 4.78 is 6.50. The first-order valence-electron chi connectivity index (χ1n) is 16.3. The second-order valence-electron chi connectivity index (χ2n) is 13.1. The maximum absolute atomic E-state index is 13.6. The molecule has 2 aliphatic heterocycles. The Morgan fingerprint density at radius 3 is 2.57 bits per heavy atom. The summed E-state index contributed by atoms with van der Waals surface area (Å²) in [6.07, 6.45) is 10.3. The molecule has 226 valence electrons. The molecule has 1 saturated heterocycles. The SMILES string of the molecule is CCc1ccc2c(c1)[C@@H](NC[C@@H](O)[C@H](Cc1ccccc1)NC(=O)C1CCC(=O)N(C3CCCC3)C1)CC1(CCC1)O2.